The van der Waals surface area contributed by atoms with Crippen molar-refractivity contribution in [3.63, 3.8) is 0 Å². The van der Waals surface area contributed by atoms with E-state index in [1.54, 1.807) is 6.07 Å². The summed E-state index contributed by atoms with van der Waals surface area (Å²) in [5.41, 5.74) is 1.75. The Morgan fingerprint density at radius 3 is 3.00 bits per heavy atom. The first-order valence-corrected chi connectivity index (χ1v) is 6.31. The van der Waals surface area contributed by atoms with Gasteiger partial charge in [0.05, 0.1) is 5.69 Å². The number of aromatic nitrogens is 1. The molecule has 1 fully saturated rings. The highest BCUT2D eigenvalue weighted by Crippen LogP contribution is 2.19. The Bertz CT molecular complexity index is 375. The van der Waals surface area contributed by atoms with Gasteiger partial charge in [0.15, 0.2) is 0 Å². The number of aryl methyl sites for hydroxylation is 1. The number of likely N-dealkylation sites (N-methyl/N-ethyl adjacent to an activating group) is 1. The molecule has 1 saturated heterocycles. The molecule has 94 valence electrons. The second-order valence-corrected chi connectivity index (χ2v) is 4.63. The molecule has 17 heavy (non-hydrogen) atoms. The van der Waals surface area contributed by atoms with Crippen LogP contribution in [0, 0.1) is 6.92 Å². The molecule has 0 aliphatic carbocycles. The smallest absolute Gasteiger partial charge is 0.138 e. The fourth-order valence-electron chi connectivity index (χ4n) is 2.36. The van der Waals surface area contributed by atoms with E-state index in [4.69, 9.17) is 0 Å². The van der Waals surface area contributed by atoms with Gasteiger partial charge in [-0.05, 0) is 38.6 Å². The van der Waals surface area contributed by atoms with E-state index in [0.29, 0.717) is 11.8 Å². The fourth-order valence-corrected chi connectivity index (χ4v) is 2.36. The topological polar surface area (TPSA) is 48.4 Å². The van der Waals surface area contributed by atoms with Gasteiger partial charge < -0.3 is 10.4 Å². The highest BCUT2D eigenvalue weighted by atomic mass is 16.3. The summed E-state index contributed by atoms with van der Waals surface area (Å²) >= 11 is 0. The van der Waals surface area contributed by atoms with E-state index in [9.17, 15) is 5.11 Å². The predicted molar refractivity (Wildman–Crippen MR) is 68.0 cm³/mol. The quantitative estimate of drug-likeness (QED) is 0.825. The van der Waals surface area contributed by atoms with Gasteiger partial charge in [0.25, 0.3) is 0 Å². The molecule has 0 bridgehead atoms. The van der Waals surface area contributed by atoms with Crippen molar-refractivity contribution in [2.75, 3.05) is 19.6 Å². The van der Waals surface area contributed by atoms with Crippen LogP contribution in [0.3, 0.4) is 0 Å². The van der Waals surface area contributed by atoms with Crippen LogP contribution in [0.4, 0.5) is 0 Å². The largest absolute Gasteiger partial charge is 0.506 e. The molecule has 1 aromatic heterocycles. The minimum absolute atomic E-state index is 0.306. The van der Waals surface area contributed by atoms with Crippen molar-refractivity contribution in [2.24, 2.45) is 0 Å². The normalized spacial score (nSPS) is 20.1. The number of aromatic hydroxyl groups is 1. The van der Waals surface area contributed by atoms with Crippen molar-refractivity contribution in [1.29, 1.82) is 0 Å². The molecular weight excluding hydrogens is 214 g/mol. The van der Waals surface area contributed by atoms with E-state index in [1.165, 1.54) is 6.42 Å². The summed E-state index contributed by atoms with van der Waals surface area (Å²) in [5, 5.41) is 13.2. The summed E-state index contributed by atoms with van der Waals surface area (Å²) in [4.78, 5) is 6.80. The van der Waals surface area contributed by atoms with Gasteiger partial charge in [-0.2, -0.15) is 0 Å². The average molecular weight is 235 g/mol. The first kappa shape index (κ1) is 12.3. The lowest BCUT2D eigenvalue weighted by molar-refractivity contribution is 0.205. The molecule has 2 rings (SSSR count). The number of nitrogens with one attached hydrogen (secondary N) is 1. The van der Waals surface area contributed by atoms with E-state index in [1.807, 2.05) is 13.0 Å². The van der Waals surface area contributed by atoms with E-state index in [0.717, 1.165) is 37.6 Å². The number of hydrogen-bond acceptors (Lipinski definition) is 4. The summed E-state index contributed by atoms with van der Waals surface area (Å²) in [6.45, 7) is 7.97. The van der Waals surface area contributed by atoms with Gasteiger partial charge in [0.1, 0.15) is 5.75 Å². The van der Waals surface area contributed by atoms with Crippen LogP contribution in [0.25, 0.3) is 0 Å². The second-order valence-electron chi connectivity index (χ2n) is 4.63. The third-order valence-electron chi connectivity index (χ3n) is 3.40. The van der Waals surface area contributed by atoms with Crippen LogP contribution in [0.2, 0.25) is 0 Å². The lowest BCUT2D eigenvalue weighted by atomic mass is 10.2. The molecule has 1 aromatic rings. The summed E-state index contributed by atoms with van der Waals surface area (Å²) in [5.74, 6) is 0.306. The summed E-state index contributed by atoms with van der Waals surface area (Å²) in [7, 11) is 0. The Morgan fingerprint density at radius 1 is 1.53 bits per heavy atom. The molecule has 0 aromatic carbocycles. The van der Waals surface area contributed by atoms with Crippen molar-refractivity contribution in [2.45, 2.75) is 32.9 Å². The van der Waals surface area contributed by atoms with Crippen molar-refractivity contribution in [3.8, 4) is 5.75 Å². The molecule has 0 spiro atoms. The Morgan fingerprint density at radius 2 is 2.35 bits per heavy atom. The van der Waals surface area contributed by atoms with Crippen LogP contribution in [0.1, 0.15) is 24.7 Å². The molecule has 1 aliphatic rings. The number of hydrogen-bond donors (Lipinski definition) is 2. The van der Waals surface area contributed by atoms with Gasteiger partial charge in [-0.3, -0.25) is 9.88 Å². The maximum atomic E-state index is 9.82. The number of rotatable bonds is 4. The van der Waals surface area contributed by atoms with Gasteiger partial charge in [-0.1, -0.05) is 6.92 Å². The third kappa shape index (κ3) is 2.96. The highest BCUT2D eigenvalue weighted by Gasteiger charge is 2.22. The zero-order valence-electron chi connectivity index (χ0n) is 10.6. The lowest BCUT2D eigenvalue weighted by Gasteiger charge is -2.26. The average Bonchev–Trinajstić information content (AvgIpc) is 2.84. The molecule has 1 unspecified atom stereocenters. The molecule has 1 atom stereocenters. The highest BCUT2D eigenvalue weighted by molar-refractivity contribution is 5.27. The van der Waals surface area contributed by atoms with Crippen LogP contribution in [0.5, 0.6) is 5.75 Å². The van der Waals surface area contributed by atoms with Crippen molar-refractivity contribution in [1.82, 2.24) is 15.2 Å². The van der Waals surface area contributed by atoms with Crippen LogP contribution in [-0.4, -0.2) is 40.7 Å². The standard InChI is InChI=1S/C13H21N3O/c1-3-16(11-6-7-14-8-11)9-12-13(17)5-4-10(2)15-12/h4-5,11,14,17H,3,6-9H2,1-2H3. The van der Waals surface area contributed by atoms with E-state index in [2.05, 4.69) is 22.1 Å². The summed E-state index contributed by atoms with van der Waals surface area (Å²) in [6, 6.07) is 4.15. The monoisotopic (exact) mass is 235 g/mol. The second kappa shape index (κ2) is 5.47. The van der Waals surface area contributed by atoms with Gasteiger partial charge >= 0.3 is 0 Å². The SMILES string of the molecule is CCN(Cc1nc(C)ccc1O)C1CCNC1. The van der Waals surface area contributed by atoms with Crippen LogP contribution >= 0.6 is 0 Å². The predicted octanol–water partition coefficient (Wildman–Crippen LogP) is 1.28. The minimum Gasteiger partial charge on any atom is -0.506 e. The fraction of sp³-hybridized carbons (Fsp3) is 0.615. The summed E-state index contributed by atoms with van der Waals surface area (Å²) in [6.07, 6.45) is 1.18. The molecule has 0 amide bonds. The maximum Gasteiger partial charge on any atom is 0.138 e. The Kier molecular flexibility index (Phi) is 3.97. The first-order chi connectivity index (χ1) is 8.20. The molecule has 1 aliphatic heterocycles. The lowest BCUT2D eigenvalue weighted by Crippen LogP contribution is -2.36. The molecule has 2 N–H and O–H groups in total. The molecule has 0 saturated carbocycles. The van der Waals surface area contributed by atoms with Crippen molar-refractivity contribution < 1.29 is 5.11 Å². The zero-order chi connectivity index (χ0) is 12.3. The van der Waals surface area contributed by atoms with Crippen LogP contribution in [-0.2, 0) is 6.54 Å². The molecule has 4 nitrogen and oxygen atoms in total. The van der Waals surface area contributed by atoms with Crippen molar-refractivity contribution in [3.05, 3.63) is 23.5 Å². The Hall–Kier alpha value is -1.13. The molecule has 4 heteroatoms. The third-order valence-corrected chi connectivity index (χ3v) is 3.40. The molecule has 2 heterocycles. The van der Waals surface area contributed by atoms with E-state index in [-0.39, 0.29) is 0 Å². The Balaban J connectivity index is 2.09. The van der Waals surface area contributed by atoms with Crippen LogP contribution in [0.15, 0.2) is 12.1 Å². The van der Waals surface area contributed by atoms with E-state index >= 15 is 0 Å². The first-order valence-electron chi connectivity index (χ1n) is 6.31. The maximum absolute atomic E-state index is 9.82. The van der Waals surface area contributed by atoms with Gasteiger partial charge in [0.2, 0.25) is 0 Å². The van der Waals surface area contributed by atoms with Crippen LogP contribution < -0.4 is 5.32 Å². The molecule has 0 radical (unpaired) electrons. The van der Waals surface area contributed by atoms with Gasteiger partial charge in [-0.25, -0.2) is 0 Å². The van der Waals surface area contributed by atoms with Crippen molar-refractivity contribution >= 4 is 0 Å². The number of nitrogens with zero attached hydrogens (tertiary/aromatic N) is 2. The summed E-state index contributed by atoms with van der Waals surface area (Å²) < 4.78 is 0. The molecular formula is C13H21N3O. The van der Waals surface area contributed by atoms with E-state index < -0.39 is 0 Å². The number of pyridine rings is 1. The van der Waals surface area contributed by atoms with Gasteiger partial charge in [-0.15, -0.1) is 0 Å². The Labute approximate surface area is 103 Å². The minimum atomic E-state index is 0.306. The zero-order valence-corrected chi connectivity index (χ0v) is 10.6. The van der Waals surface area contributed by atoms with Gasteiger partial charge in [0, 0.05) is 24.8 Å².